The summed E-state index contributed by atoms with van der Waals surface area (Å²) in [5.41, 5.74) is 2.09. The molecule has 1 aromatic rings. The molecule has 0 radical (unpaired) electrons. The predicted molar refractivity (Wildman–Crippen MR) is 86.6 cm³/mol. The Hall–Kier alpha value is -1.29. The van der Waals surface area contributed by atoms with Crippen LogP contribution in [0, 0.1) is 0 Å². The molecule has 0 fully saturated rings. The maximum absolute atomic E-state index is 12.5. The number of carbonyl (C=O) groups excluding carboxylic acids is 1. The number of nitrogens with zero attached hydrogens (tertiary/aromatic N) is 2. The number of benzene rings is 1. The molecule has 1 amide bonds. The minimum Gasteiger partial charge on any atom is -0.286 e. The maximum Gasteiger partial charge on any atom is 0.259 e. The van der Waals surface area contributed by atoms with Crippen LogP contribution in [0.25, 0.3) is 0 Å². The standard InChI is InChI=1S/C16H22N2OS/c1-5-20-15-17-10-11-18(15)14(19)12-6-8-13(9-7-12)16(2,3)4/h6-9H,5,10-11H2,1-4H3. The van der Waals surface area contributed by atoms with Crippen molar-refractivity contribution in [1.82, 2.24) is 4.90 Å². The first-order chi connectivity index (χ1) is 9.43. The third-order valence-electron chi connectivity index (χ3n) is 3.32. The van der Waals surface area contributed by atoms with E-state index in [-0.39, 0.29) is 11.3 Å². The van der Waals surface area contributed by atoms with Gasteiger partial charge in [0.2, 0.25) is 0 Å². The summed E-state index contributed by atoms with van der Waals surface area (Å²) in [6.45, 7) is 10.0. The summed E-state index contributed by atoms with van der Waals surface area (Å²) in [7, 11) is 0. The number of amides is 1. The van der Waals surface area contributed by atoms with Crippen LogP contribution in [0.5, 0.6) is 0 Å². The lowest BCUT2D eigenvalue weighted by atomic mass is 9.86. The van der Waals surface area contributed by atoms with Gasteiger partial charge in [-0.1, -0.05) is 51.6 Å². The van der Waals surface area contributed by atoms with Gasteiger partial charge in [-0.25, -0.2) is 0 Å². The van der Waals surface area contributed by atoms with Crippen molar-refractivity contribution in [2.75, 3.05) is 18.8 Å². The lowest BCUT2D eigenvalue weighted by Gasteiger charge is -2.20. The lowest BCUT2D eigenvalue weighted by Crippen LogP contribution is -2.32. The van der Waals surface area contributed by atoms with E-state index in [0.717, 1.165) is 16.5 Å². The average Bonchev–Trinajstić information content (AvgIpc) is 2.86. The first-order valence-corrected chi connectivity index (χ1v) is 8.01. The third-order valence-corrected chi connectivity index (χ3v) is 4.21. The first-order valence-electron chi connectivity index (χ1n) is 7.03. The summed E-state index contributed by atoms with van der Waals surface area (Å²) in [6.07, 6.45) is 0. The van der Waals surface area contributed by atoms with E-state index in [1.54, 1.807) is 16.7 Å². The molecule has 108 valence electrons. The molecule has 0 bridgehead atoms. The maximum atomic E-state index is 12.5. The summed E-state index contributed by atoms with van der Waals surface area (Å²) in [6, 6.07) is 7.95. The molecule has 1 aliphatic heterocycles. The normalized spacial score (nSPS) is 15.4. The Labute approximate surface area is 125 Å². The van der Waals surface area contributed by atoms with Gasteiger partial charge in [-0.2, -0.15) is 0 Å². The Morgan fingerprint density at radius 3 is 2.50 bits per heavy atom. The topological polar surface area (TPSA) is 32.7 Å². The SMILES string of the molecule is CCSC1=NCCN1C(=O)c1ccc(C(C)(C)C)cc1. The highest BCUT2D eigenvalue weighted by Gasteiger charge is 2.25. The number of thioether (sulfide) groups is 1. The van der Waals surface area contributed by atoms with E-state index in [1.807, 2.05) is 24.3 Å². The van der Waals surface area contributed by atoms with Crippen molar-refractivity contribution in [3.63, 3.8) is 0 Å². The molecule has 1 aromatic carbocycles. The number of carbonyl (C=O) groups is 1. The van der Waals surface area contributed by atoms with Crippen LogP contribution in [0.15, 0.2) is 29.3 Å². The molecule has 1 aliphatic rings. The summed E-state index contributed by atoms with van der Waals surface area (Å²) in [5, 5.41) is 0.859. The lowest BCUT2D eigenvalue weighted by molar-refractivity contribution is 0.0860. The monoisotopic (exact) mass is 290 g/mol. The van der Waals surface area contributed by atoms with Crippen LogP contribution in [-0.4, -0.2) is 34.8 Å². The number of hydrogen-bond donors (Lipinski definition) is 0. The molecule has 0 saturated carbocycles. The molecule has 0 unspecified atom stereocenters. The van der Waals surface area contributed by atoms with E-state index < -0.39 is 0 Å². The molecule has 1 heterocycles. The largest absolute Gasteiger partial charge is 0.286 e. The molecular formula is C16H22N2OS. The zero-order chi connectivity index (χ0) is 14.8. The number of amidine groups is 1. The Kier molecular flexibility index (Phi) is 4.53. The van der Waals surface area contributed by atoms with E-state index >= 15 is 0 Å². The summed E-state index contributed by atoms with van der Waals surface area (Å²) in [5.74, 6) is 0.994. The smallest absolute Gasteiger partial charge is 0.259 e. The molecule has 0 aromatic heterocycles. The van der Waals surface area contributed by atoms with E-state index in [0.29, 0.717) is 13.1 Å². The molecule has 3 nitrogen and oxygen atoms in total. The molecule has 2 rings (SSSR count). The van der Waals surface area contributed by atoms with E-state index in [2.05, 4.69) is 32.7 Å². The molecule has 0 saturated heterocycles. The van der Waals surface area contributed by atoms with E-state index in [9.17, 15) is 4.79 Å². The van der Waals surface area contributed by atoms with Crippen molar-refractivity contribution in [3.8, 4) is 0 Å². The van der Waals surface area contributed by atoms with E-state index in [1.165, 1.54) is 5.56 Å². The predicted octanol–water partition coefficient (Wildman–Crippen LogP) is 3.55. The van der Waals surface area contributed by atoms with Gasteiger partial charge in [0.25, 0.3) is 5.91 Å². The van der Waals surface area contributed by atoms with Crippen molar-refractivity contribution in [2.45, 2.75) is 33.1 Å². The second-order valence-corrected chi connectivity index (χ2v) is 7.11. The fraction of sp³-hybridized carbons (Fsp3) is 0.500. The number of aliphatic imine (C=N–C) groups is 1. The Bertz CT molecular complexity index is 514. The van der Waals surface area contributed by atoms with Gasteiger partial charge in [0, 0.05) is 12.1 Å². The van der Waals surface area contributed by atoms with Crippen molar-refractivity contribution >= 4 is 22.8 Å². The highest BCUT2D eigenvalue weighted by Crippen LogP contribution is 2.23. The van der Waals surface area contributed by atoms with Crippen LogP contribution in [0.2, 0.25) is 0 Å². The molecule has 4 heteroatoms. The highest BCUT2D eigenvalue weighted by molar-refractivity contribution is 8.13. The Morgan fingerprint density at radius 1 is 1.30 bits per heavy atom. The second kappa shape index (κ2) is 6.00. The first kappa shape index (κ1) is 15.1. The fourth-order valence-electron chi connectivity index (χ4n) is 2.14. The zero-order valence-corrected chi connectivity index (χ0v) is 13.5. The van der Waals surface area contributed by atoms with Gasteiger partial charge < -0.3 is 0 Å². The van der Waals surface area contributed by atoms with Crippen molar-refractivity contribution in [1.29, 1.82) is 0 Å². The molecule has 20 heavy (non-hydrogen) atoms. The molecule has 0 spiro atoms. The molecule has 0 aliphatic carbocycles. The minimum absolute atomic E-state index is 0.0580. The van der Waals surface area contributed by atoms with Crippen LogP contribution in [0.1, 0.15) is 43.6 Å². The van der Waals surface area contributed by atoms with Crippen molar-refractivity contribution in [3.05, 3.63) is 35.4 Å². The Balaban J connectivity index is 2.16. The van der Waals surface area contributed by atoms with E-state index in [4.69, 9.17) is 0 Å². The Morgan fingerprint density at radius 2 is 1.95 bits per heavy atom. The molecular weight excluding hydrogens is 268 g/mol. The van der Waals surface area contributed by atoms with Gasteiger partial charge in [-0.3, -0.25) is 14.7 Å². The number of rotatable bonds is 2. The summed E-state index contributed by atoms with van der Waals surface area (Å²) < 4.78 is 0. The quantitative estimate of drug-likeness (QED) is 0.834. The van der Waals surface area contributed by atoms with Crippen LogP contribution in [-0.2, 0) is 5.41 Å². The fourth-order valence-corrected chi connectivity index (χ4v) is 2.91. The second-order valence-electron chi connectivity index (χ2n) is 5.88. The van der Waals surface area contributed by atoms with Gasteiger partial charge >= 0.3 is 0 Å². The van der Waals surface area contributed by atoms with Gasteiger partial charge in [0.1, 0.15) is 0 Å². The highest BCUT2D eigenvalue weighted by atomic mass is 32.2. The molecule has 0 N–H and O–H groups in total. The van der Waals surface area contributed by atoms with Gasteiger partial charge in [0.05, 0.1) is 6.54 Å². The van der Waals surface area contributed by atoms with Gasteiger partial charge in [-0.05, 0) is 28.9 Å². The van der Waals surface area contributed by atoms with Crippen LogP contribution in [0.3, 0.4) is 0 Å². The minimum atomic E-state index is 0.0580. The van der Waals surface area contributed by atoms with Crippen LogP contribution < -0.4 is 0 Å². The van der Waals surface area contributed by atoms with Crippen molar-refractivity contribution < 1.29 is 4.79 Å². The summed E-state index contributed by atoms with van der Waals surface area (Å²) >= 11 is 1.63. The van der Waals surface area contributed by atoms with Crippen LogP contribution >= 0.6 is 11.8 Å². The summed E-state index contributed by atoms with van der Waals surface area (Å²) in [4.78, 5) is 18.7. The van der Waals surface area contributed by atoms with Gasteiger partial charge in [0.15, 0.2) is 5.17 Å². The molecule has 0 atom stereocenters. The average molecular weight is 290 g/mol. The van der Waals surface area contributed by atoms with Crippen molar-refractivity contribution in [2.24, 2.45) is 4.99 Å². The third kappa shape index (κ3) is 3.23. The zero-order valence-electron chi connectivity index (χ0n) is 12.6. The van der Waals surface area contributed by atoms with Crippen LogP contribution in [0.4, 0.5) is 0 Å². The van der Waals surface area contributed by atoms with Gasteiger partial charge in [-0.15, -0.1) is 0 Å². The number of hydrogen-bond acceptors (Lipinski definition) is 3.